The van der Waals surface area contributed by atoms with Gasteiger partial charge in [0.1, 0.15) is 11.4 Å². The van der Waals surface area contributed by atoms with E-state index in [1.165, 1.54) is 0 Å². The molecule has 0 fully saturated rings. The van der Waals surface area contributed by atoms with E-state index in [9.17, 15) is 18.0 Å². The standard InChI is InChI=1S/C16H15F3N6O/c1-8-14(9(2)25(3)24-8)11-6-12(23-22-11)15(26)21-10-4-5-13(20-7-10)16(17,18)19/h4-7H,1-3H3,(H,21,26)(H,22,23). The average molecular weight is 364 g/mol. The summed E-state index contributed by atoms with van der Waals surface area (Å²) in [5, 5.41) is 13.5. The zero-order valence-electron chi connectivity index (χ0n) is 14.1. The summed E-state index contributed by atoms with van der Waals surface area (Å²) in [5.41, 5.74) is 2.34. The van der Waals surface area contributed by atoms with Crippen molar-refractivity contribution in [2.75, 3.05) is 5.32 Å². The van der Waals surface area contributed by atoms with Crippen LogP contribution in [0.3, 0.4) is 0 Å². The van der Waals surface area contributed by atoms with Gasteiger partial charge < -0.3 is 5.32 Å². The highest BCUT2D eigenvalue weighted by Crippen LogP contribution is 2.28. The molecule has 0 aliphatic rings. The molecule has 0 aliphatic heterocycles. The summed E-state index contributed by atoms with van der Waals surface area (Å²) in [6.45, 7) is 3.72. The molecule has 3 heterocycles. The number of rotatable bonds is 3. The van der Waals surface area contributed by atoms with Crippen LogP contribution in [-0.4, -0.2) is 30.9 Å². The van der Waals surface area contributed by atoms with Gasteiger partial charge in [-0.1, -0.05) is 0 Å². The number of carbonyl (C=O) groups is 1. The zero-order valence-corrected chi connectivity index (χ0v) is 14.1. The number of H-pyrrole nitrogens is 1. The van der Waals surface area contributed by atoms with Gasteiger partial charge in [-0.2, -0.15) is 23.4 Å². The van der Waals surface area contributed by atoms with E-state index in [2.05, 4.69) is 25.6 Å². The Kier molecular flexibility index (Phi) is 4.26. The highest BCUT2D eigenvalue weighted by Gasteiger charge is 2.32. The van der Waals surface area contributed by atoms with Crippen LogP contribution in [0.1, 0.15) is 27.6 Å². The molecule has 26 heavy (non-hydrogen) atoms. The highest BCUT2D eigenvalue weighted by molar-refractivity contribution is 6.03. The predicted octanol–water partition coefficient (Wildman–Crippen LogP) is 3.09. The Bertz CT molecular complexity index is 956. The van der Waals surface area contributed by atoms with E-state index >= 15 is 0 Å². The molecule has 136 valence electrons. The lowest BCUT2D eigenvalue weighted by atomic mass is 10.1. The summed E-state index contributed by atoms with van der Waals surface area (Å²) >= 11 is 0. The second-order valence-electron chi connectivity index (χ2n) is 5.72. The van der Waals surface area contributed by atoms with E-state index in [1.54, 1.807) is 10.7 Å². The minimum Gasteiger partial charge on any atom is -0.319 e. The Morgan fingerprint density at radius 1 is 1.27 bits per heavy atom. The van der Waals surface area contributed by atoms with Crippen LogP contribution in [0, 0.1) is 13.8 Å². The van der Waals surface area contributed by atoms with Crippen LogP contribution in [0.25, 0.3) is 11.3 Å². The van der Waals surface area contributed by atoms with Crippen LogP contribution >= 0.6 is 0 Å². The number of aryl methyl sites for hydroxylation is 2. The first-order valence-electron chi connectivity index (χ1n) is 7.57. The number of pyridine rings is 1. The summed E-state index contributed by atoms with van der Waals surface area (Å²) < 4.78 is 39.2. The van der Waals surface area contributed by atoms with Crippen LogP contribution in [0.2, 0.25) is 0 Å². The fourth-order valence-electron chi connectivity index (χ4n) is 2.54. The van der Waals surface area contributed by atoms with Crippen LogP contribution in [0.4, 0.5) is 18.9 Å². The number of hydrogen-bond donors (Lipinski definition) is 2. The van der Waals surface area contributed by atoms with Gasteiger partial charge in [-0.25, -0.2) is 4.98 Å². The van der Waals surface area contributed by atoms with Crippen molar-refractivity contribution in [1.29, 1.82) is 0 Å². The second-order valence-corrected chi connectivity index (χ2v) is 5.72. The third-order valence-electron chi connectivity index (χ3n) is 3.90. The number of halogens is 3. The smallest absolute Gasteiger partial charge is 0.319 e. The first kappa shape index (κ1) is 17.6. The van der Waals surface area contributed by atoms with Gasteiger partial charge in [0.15, 0.2) is 0 Å². The Morgan fingerprint density at radius 3 is 2.54 bits per heavy atom. The second kappa shape index (κ2) is 6.28. The summed E-state index contributed by atoms with van der Waals surface area (Å²) in [6.07, 6.45) is -3.58. The SMILES string of the molecule is Cc1nn(C)c(C)c1-c1cc(C(=O)Nc2ccc(C(F)(F)F)nc2)[nH]n1. The molecule has 2 N–H and O–H groups in total. The quantitative estimate of drug-likeness (QED) is 0.747. The Morgan fingerprint density at radius 2 is 2.00 bits per heavy atom. The minimum absolute atomic E-state index is 0.146. The number of nitrogens with zero attached hydrogens (tertiary/aromatic N) is 4. The molecule has 0 aliphatic carbocycles. The first-order valence-corrected chi connectivity index (χ1v) is 7.57. The summed E-state index contributed by atoms with van der Waals surface area (Å²) in [7, 11) is 1.81. The van der Waals surface area contributed by atoms with Gasteiger partial charge in [0, 0.05) is 18.3 Å². The van der Waals surface area contributed by atoms with Crippen molar-refractivity contribution in [1.82, 2.24) is 25.0 Å². The Hall–Kier alpha value is -3.17. The monoisotopic (exact) mass is 364 g/mol. The normalized spacial score (nSPS) is 11.6. The topological polar surface area (TPSA) is 88.5 Å². The number of nitrogens with one attached hydrogen (secondary N) is 2. The molecule has 7 nitrogen and oxygen atoms in total. The van der Waals surface area contributed by atoms with E-state index in [-0.39, 0.29) is 11.4 Å². The molecule has 0 unspecified atom stereocenters. The third kappa shape index (κ3) is 3.30. The highest BCUT2D eigenvalue weighted by atomic mass is 19.4. The molecule has 3 aromatic rings. The molecule has 1 amide bonds. The first-order chi connectivity index (χ1) is 12.2. The van der Waals surface area contributed by atoms with Gasteiger partial charge in [-0.3, -0.25) is 14.6 Å². The van der Waals surface area contributed by atoms with Crippen molar-refractivity contribution in [2.45, 2.75) is 20.0 Å². The van der Waals surface area contributed by atoms with Gasteiger partial charge in [0.2, 0.25) is 0 Å². The van der Waals surface area contributed by atoms with Crippen LogP contribution in [0.5, 0.6) is 0 Å². The van der Waals surface area contributed by atoms with Gasteiger partial charge in [-0.15, -0.1) is 0 Å². The maximum atomic E-state index is 12.5. The van der Waals surface area contributed by atoms with E-state index in [0.29, 0.717) is 5.69 Å². The summed E-state index contributed by atoms with van der Waals surface area (Å²) in [6, 6.07) is 3.50. The number of amides is 1. The van der Waals surface area contributed by atoms with Gasteiger partial charge in [0.25, 0.3) is 5.91 Å². The lowest BCUT2D eigenvalue weighted by Crippen LogP contribution is -2.13. The van der Waals surface area contributed by atoms with Crippen LogP contribution in [0.15, 0.2) is 24.4 Å². The maximum Gasteiger partial charge on any atom is 0.433 e. The van der Waals surface area contributed by atoms with E-state index in [4.69, 9.17) is 0 Å². The molecular formula is C16H15F3N6O. The maximum absolute atomic E-state index is 12.5. The van der Waals surface area contributed by atoms with Crippen molar-refractivity contribution in [3.8, 4) is 11.3 Å². The summed E-state index contributed by atoms with van der Waals surface area (Å²) in [5.74, 6) is -0.537. The zero-order chi connectivity index (χ0) is 19.1. The molecule has 0 spiro atoms. The molecule has 0 saturated heterocycles. The molecular weight excluding hydrogens is 349 g/mol. The summed E-state index contributed by atoms with van der Waals surface area (Å²) in [4.78, 5) is 15.6. The number of aromatic nitrogens is 5. The van der Waals surface area contributed by atoms with E-state index in [0.717, 1.165) is 35.3 Å². The van der Waals surface area contributed by atoms with Crippen LogP contribution < -0.4 is 5.32 Å². The van der Waals surface area contributed by atoms with Crippen molar-refractivity contribution < 1.29 is 18.0 Å². The molecule has 0 saturated carbocycles. The Labute approximate surface area is 146 Å². The number of aromatic amines is 1. The molecule has 3 rings (SSSR count). The predicted molar refractivity (Wildman–Crippen MR) is 87.5 cm³/mol. The lowest BCUT2D eigenvalue weighted by molar-refractivity contribution is -0.141. The van der Waals surface area contributed by atoms with Crippen molar-refractivity contribution in [2.24, 2.45) is 7.05 Å². The Balaban J connectivity index is 1.78. The van der Waals surface area contributed by atoms with Crippen molar-refractivity contribution in [3.63, 3.8) is 0 Å². The van der Waals surface area contributed by atoms with E-state index in [1.807, 2.05) is 20.9 Å². The number of carbonyl (C=O) groups excluding carboxylic acids is 1. The van der Waals surface area contributed by atoms with Gasteiger partial charge >= 0.3 is 6.18 Å². The van der Waals surface area contributed by atoms with Crippen molar-refractivity contribution >= 4 is 11.6 Å². The molecule has 0 atom stereocenters. The molecule has 0 aromatic carbocycles. The largest absolute Gasteiger partial charge is 0.433 e. The minimum atomic E-state index is -4.53. The number of hydrogen-bond acceptors (Lipinski definition) is 4. The molecule has 0 bridgehead atoms. The van der Waals surface area contributed by atoms with Gasteiger partial charge in [-0.05, 0) is 32.0 Å². The molecule has 3 aromatic heterocycles. The fraction of sp³-hybridized carbons (Fsp3) is 0.250. The molecule has 10 heteroatoms. The van der Waals surface area contributed by atoms with E-state index < -0.39 is 17.8 Å². The average Bonchev–Trinajstić information content (AvgIpc) is 3.12. The number of alkyl halides is 3. The lowest BCUT2D eigenvalue weighted by Gasteiger charge is -2.07. The third-order valence-corrected chi connectivity index (χ3v) is 3.90. The molecule has 0 radical (unpaired) electrons. The fourth-order valence-corrected chi connectivity index (χ4v) is 2.54. The number of anilines is 1. The van der Waals surface area contributed by atoms with Crippen LogP contribution in [-0.2, 0) is 13.2 Å². The van der Waals surface area contributed by atoms with Gasteiger partial charge in [0.05, 0.1) is 23.3 Å². The van der Waals surface area contributed by atoms with Crippen molar-refractivity contribution in [3.05, 3.63) is 47.2 Å².